The molecule has 0 aliphatic carbocycles. The molecule has 1 aromatic carbocycles. The zero-order valence-electron chi connectivity index (χ0n) is 14.5. The van der Waals surface area contributed by atoms with Crippen molar-refractivity contribution in [3.63, 3.8) is 0 Å². The molecule has 1 aliphatic heterocycles. The fourth-order valence-corrected chi connectivity index (χ4v) is 3.03. The van der Waals surface area contributed by atoms with Crippen molar-refractivity contribution >= 4 is 17.4 Å². The molecule has 1 N–H and O–H groups in total. The van der Waals surface area contributed by atoms with E-state index in [-0.39, 0.29) is 5.91 Å². The predicted octanol–water partition coefficient (Wildman–Crippen LogP) is 3.71. The van der Waals surface area contributed by atoms with Gasteiger partial charge >= 0.3 is 0 Å². The second-order valence-electron chi connectivity index (χ2n) is 6.67. The number of anilines is 2. The van der Waals surface area contributed by atoms with Crippen molar-refractivity contribution in [1.82, 2.24) is 15.1 Å². The highest BCUT2D eigenvalue weighted by Crippen LogP contribution is 2.23. The molecular formula is C19H24N4O. The third-order valence-corrected chi connectivity index (χ3v) is 4.69. The van der Waals surface area contributed by atoms with Crippen molar-refractivity contribution in [2.75, 3.05) is 18.4 Å². The Balaban J connectivity index is 1.70. The summed E-state index contributed by atoms with van der Waals surface area (Å²) in [7, 11) is 0. The van der Waals surface area contributed by atoms with Crippen molar-refractivity contribution in [2.24, 2.45) is 5.92 Å². The summed E-state index contributed by atoms with van der Waals surface area (Å²) < 4.78 is 0. The van der Waals surface area contributed by atoms with Crippen molar-refractivity contribution in [3.05, 3.63) is 47.2 Å². The van der Waals surface area contributed by atoms with Crippen molar-refractivity contribution in [3.8, 4) is 0 Å². The van der Waals surface area contributed by atoms with Gasteiger partial charge in [0.2, 0.25) is 0 Å². The van der Waals surface area contributed by atoms with E-state index in [2.05, 4.69) is 48.4 Å². The van der Waals surface area contributed by atoms with Crippen LogP contribution in [0.3, 0.4) is 0 Å². The fourth-order valence-electron chi connectivity index (χ4n) is 3.03. The quantitative estimate of drug-likeness (QED) is 0.935. The zero-order chi connectivity index (χ0) is 17.1. The predicted molar refractivity (Wildman–Crippen MR) is 95.5 cm³/mol. The van der Waals surface area contributed by atoms with Gasteiger partial charge in [0, 0.05) is 18.8 Å². The number of nitrogens with one attached hydrogen (secondary N) is 1. The van der Waals surface area contributed by atoms with Crippen LogP contribution in [-0.4, -0.2) is 34.1 Å². The number of rotatable bonds is 3. The van der Waals surface area contributed by atoms with E-state index in [0.717, 1.165) is 42.7 Å². The van der Waals surface area contributed by atoms with Gasteiger partial charge in [-0.2, -0.15) is 0 Å². The first-order valence-electron chi connectivity index (χ1n) is 8.51. The van der Waals surface area contributed by atoms with Crippen LogP contribution in [0.4, 0.5) is 11.5 Å². The van der Waals surface area contributed by atoms with Crippen LogP contribution in [0.25, 0.3) is 0 Å². The number of hydrogen-bond acceptors (Lipinski definition) is 4. The largest absolute Gasteiger partial charge is 0.338 e. The molecule has 126 valence electrons. The number of aryl methyl sites for hydroxylation is 2. The second-order valence-corrected chi connectivity index (χ2v) is 6.67. The first-order chi connectivity index (χ1) is 11.5. The molecule has 0 unspecified atom stereocenters. The average molecular weight is 324 g/mol. The number of amides is 1. The van der Waals surface area contributed by atoms with Crippen LogP contribution < -0.4 is 5.32 Å². The number of nitrogens with zero attached hydrogens (tertiary/aromatic N) is 3. The standard InChI is InChI=1S/C19H24N4O/c1-13-9-11-23(12-10-13)19(24)16-7-8-17(22-21-16)20-18-14(2)5-4-6-15(18)3/h4-8,13H,9-12H2,1-3H3,(H,20,22). The summed E-state index contributed by atoms with van der Waals surface area (Å²) in [5.74, 6) is 1.33. The third kappa shape index (κ3) is 3.55. The fraction of sp³-hybridized carbons (Fsp3) is 0.421. The van der Waals surface area contributed by atoms with Crippen molar-refractivity contribution in [2.45, 2.75) is 33.6 Å². The smallest absolute Gasteiger partial charge is 0.274 e. The Labute approximate surface area is 143 Å². The van der Waals surface area contributed by atoms with E-state index < -0.39 is 0 Å². The topological polar surface area (TPSA) is 58.1 Å². The summed E-state index contributed by atoms with van der Waals surface area (Å²) in [6.45, 7) is 7.96. The number of para-hydroxylation sites is 1. The minimum atomic E-state index is -0.0203. The molecule has 0 atom stereocenters. The molecule has 0 radical (unpaired) electrons. The summed E-state index contributed by atoms with van der Waals surface area (Å²) in [6.07, 6.45) is 2.12. The lowest BCUT2D eigenvalue weighted by Gasteiger charge is -2.29. The van der Waals surface area contributed by atoms with E-state index in [9.17, 15) is 4.79 Å². The molecule has 3 rings (SSSR count). The normalized spacial score (nSPS) is 15.4. The number of benzene rings is 1. The van der Waals surface area contributed by atoms with Gasteiger partial charge in [-0.3, -0.25) is 4.79 Å². The summed E-state index contributed by atoms with van der Waals surface area (Å²) >= 11 is 0. The number of aromatic nitrogens is 2. The lowest BCUT2D eigenvalue weighted by atomic mass is 9.99. The average Bonchev–Trinajstić information content (AvgIpc) is 2.59. The Bertz CT molecular complexity index is 698. The van der Waals surface area contributed by atoms with Crippen molar-refractivity contribution < 1.29 is 4.79 Å². The summed E-state index contributed by atoms with van der Waals surface area (Å²) in [4.78, 5) is 14.4. The van der Waals surface area contributed by atoms with Gasteiger partial charge < -0.3 is 10.2 Å². The highest BCUT2D eigenvalue weighted by molar-refractivity contribution is 5.92. The molecule has 1 fully saturated rings. The number of piperidine rings is 1. The van der Waals surface area contributed by atoms with Gasteiger partial charge in [-0.1, -0.05) is 25.1 Å². The van der Waals surface area contributed by atoms with E-state index in [1.807, 2.05) is 17.0 Å². The SMILES string of the molecule is Cc1cccc(C)c1Nc1ccc(C(=O)N2CCC(C)CC2)nn1. The van der Waals surface area contributed by atoms with Crippen LogP contribution in [0, 0.1) is 19.8 Å². The van der Waals surface area contributed by atoms with Crippen LogP contribution in [0.5, 0.6) is 0 Å². The Kier molecular flexibility index (Phi) is 4.79. The number of carbonyl (C=O) groups is 1. The van der Waals surface area contributed by atoms with Gasteiger partial charge in [-0.05, 0) is 55.9 Å². The summed E-state index contributed by atoms with van der Waals surface area (Å²) in [6, 6.07) is 9.71. The van der Waals surface area contributed by atoms with Crippen LogP contribution in [-0.2, 0) is 0 Å². The third-order valence-electron chi connectivity index (χ3n) is 4.69. The lowest BCUT2D eigenvalue weighted by Crippen LogP contribution is -2.38. The van der Waals surface area contributed by atoms with Gasteiger partial charge in [0.05, 0.1) is 0 Å². The van der Waals surface area contributed by atoms with Crippen LogP contribution in [0.1, 0.15) is 41.4 Å². The maximum atomic E-state index is 12.5. The molecule has 2 aromatic rings. The Morgan fingerprint density at radius 2 is 1.75 bits per heavy atom. The molecule has 2 heterocycles. The maximum absolute atomic E-state index is 12.5. The molecule has 1 amide bonds. The van der Waals surface area contributed by atoms with Crippen LogP contribution in [0.15, 0.2) is 30.3 Å². The summed E-state index contributed by atoms with van der Waals surface area (Å²) in [5, 5.41) is 11.6. The van der Waals surface area contributed by atoms with E-state index >= 15 is 0 Å². The highest BCUT2D eigenvalue weighted by Gasteiger charge is 2.22. The minimum Gasteiger partial charge on any atom is -0.338 e. The first kappa shape index (κ1) is 16.4. The van der Waals surface area contributed by atoms with E-state index in [1.165, 1.54) is 0 Å². The number of likely N-dealkylation sites (tertiary alicyclic amines) is 1. The van der Waals surface area contributed by atoms with E-state index in [4.69, 9.17) is 0 Å². The molecule has 0 bridgehead atoms. The van der Waals surface area contributed by atoms with Crippen LogP contribution >= 0.6 is 0 Å². The molecular weight excluding hydrogens is 300 g/mol. The van der Waals surface area contributed by atoms with Gasteiger partial charge in [0.25, 0.3) is 5.91 Å². The number of carbonyl (C=O) groups excluding carboxylic acids is 1. The van der Waals surface area contributed by atoms with E-state index in [1.54, 1.807) is 6.07 Å². The minimum absolute atomic E-state index is 0.0203. The Hall–Kier alpha value is -2.43. The van der Waals surface area contributed by atoms with E-state index in [0.29, 0.717) is 17.4 Å². The zero-order valence-corrected chi connectivity index (χ0v) is 14.5. The molecule has 1 saturated heterocycles. The number of hydrogen-bond donors (Lipinski definition) is 1. The van der Waals surface area contributed by atoms with Gasteiger partial charge in [-0.25, -0.2) is 0 Å². The van der Waals surface area contributed by atoms with Gasteiger partial charge in [0.15, 0.2) is 11.5 Å². The second kappa shape index (κ2) is 6.99. The molecule has 1 aromatic heterocycles. The van der Waals surface area contributed by atoms with Crippen LogP contribution in [0.2, 0.25) is 0 Å². The monoisotopic (exact) mass is 324 g/mol. The summed E-state index contributed by atoms with van der Waals surface area (Å²) in [5.41, 5.74) is 3.76. The van der Waals surface area contributed by atoms with Gasteiger partial charge in [0.1, 0.15) is 0 Å². The van der Waals surface area contributed by atoms with Gasteiger partial charge in [-0.15, -0.1) is 10.2 Å². The molecule has 0 spiro atoms. The van der Waals surface area contributed by atoms with Crippen molar-refractivity contribution in [1.29, 1.82) is 0 Å². The Morgan fingerprint density at radius 3 is 2.33 bits per heavy atom. The first-order valence-corrected chi connectivity index (χ1v) is 8.51. The molecule has 24 heavy (non-hydrogen) atoms. The Morgan fingerprint density at radius 1 is 1.08 bits per heavy atom. The molecule has 1 aliphatic rings. The molecule has 5 nitrogen and oxygen atoms in total. The molecule has 5 heteroatoms. The molecule has 0 saturated carbocycles. The lowest BCUT2D eigenvalue weighted by molar-refractivity contribution is 0.0690. The highest BCUT2D eigenvalue weighted by atomic mass is 16.2. The maximum Gasteiger partial charge on any atom is 0.274 e.